The van der Waals surface area contributed by atoms with E-state index >= 15 is 0 Å². The van der Waals surface area contributed by atoms with Gasteiger partial charge in [-0.25, -0.2) is 9.97 Å². The van der Waals surface area contributed by atoms with Crippen molar-refractivity contribution in [3.8, 4) is 0 Å². The topological polar surface area (TPSA) is 146 Å². The molecule has 0 aromatic carbocycles. The third-order valence-corrected chi connectivity index (χ3v) is 6.65. The monoisotopic (exact) mass is 570 g/mol. The first kappa shape index (κ1) is 32.8. The summed E-state index contributed by atoms with van der Waals surface area (Å²) in [6.07, 6.45) is 4.45. The van der Waals surface area contributed by atoms with Gasteiger partial charge in [0.2, 0.25) is 13.6 Å². The molecule has 1 aliphatic rings. The summed E-state index contributed by atoms with van der Waals surface area (Å²) in [6.45, 7) is 15.8. The third kappa shape index (κ3) is 9.08. The van der Waals surface area contributed by atoms with Crippen LogP contribution >= 0.6 is 8.60 Å². The molecule has 12 nitrogen and oxygen atoms in total. The highest BCUT2D eigenvalue weighted by molar-refractivity contribution is 7.41. The number of carbonyl (C=O) groups excluding carboxylic acids is 2. The fraction of sp³-hybridized carbons (Fsp3) is 0.692. The van der Waals surface area contributed by atoms with Crippen LogP contribution < -0.4 is 5.73 Å². The number of hydrogen-bond acceptors (Lipinski definition) is 11. The van der Waals surface area contributed by atoms with E-state index in [2.05, 4.69) is 9.97 Å². The highest BCUT2D eigenvalue weighted by Crippen LogP contribution is 2.43. The van der Waals surface area contributed by atoms with Crippen LogP contribution in [0.25, 0.3) is 11.0 Å². The first-order valence-electron chi connectivity index (χ1n) is 13.0. The summed E-state index contributed by atoms with van der Waals surface area (Å²) >= 11 is 0. The van der Waals surface area contributed by atoms with Crippen molar-refractivity contribution in [2.24, 2.45) is 10.8 Å². The van der Waals surface area contributed by atoms with Crippen molar-refractivity contribution >= 4 is 37.4 Å². The molecule has 0 spiro atoms. The molecule has 2 atom stereocenters. The summed E-state index contributed by atoms with van der Waals surface area (Å²) < 4.78 is 35.5. The van der Waals surface area contributed by atoms with Gasteiger partial charge in [-0.05, 0) is 67.4 Å². The number of nitrogens with two attached hydrogens (primary N) is 1. The highest BCUT2D eigenvalue weighted by atomic mass is 31.2. The van der Waals surface area contributed by atoms with E-state index in [1.54, 1.807) is 41.5 Å². The molecule has 39 heavy (non-hydrogen) atoms. The van der Waals surface area contributed by atoms with Gasteiger partial charge in [0.15, 0.2) is 0 Å². The standard InChI is InChI=1S/C24H37N4O8P.C2H6/c1-22(2,3)20(29)31-14-34-37(35-15-32-21(30)23(4,5)6)33-12-16-8-10-24(7,36-16)28-11-9-17-18(25)26-13-27-19(17)28;1-2/h9,11,13,16H,8,10,12,14-15H2,1-7H3,(H2,25,26,27);1-2H3/t16?,24-;/m1./s1. The minimum atomic E-state index is -2.00. The maximum atomic E-state index is 12.0. The Balaban J connectivity index is 0.00000260. The lowest BCUT2D eigenvalue weighted by Gasteiger charge is -2.28. The number of aromatic nitrogens is 3. The highest BCUT2D eigenvalue weighted by Gasteiger charge is 2.39. The van der Waals surface area contributed by atoms with Gasteiger partial charge >= 0.3 is 20.5 Å². The molecular weight excluding hydrogens is 527 g/mol. The summed E-state index contributed by atoms with van der Waals surface area (Å²) in [4.78, 5) is 32.5. The van der Waals surface area contributed by atoms with Crippen LogP contribution in [0.3, 0.4) is 0 Å². The number of rotatable bonds is 10. The van der Waals surface area contributed by atoms with Gasteiger partial charge in [-0.2, -0.15) is 0 Å². The number of carbonyl (C=O) groups is 2. The molecule has 3 rings (SSSR count). The lowest BCUT2D eigenvalue weighted by Crippen LogP contribution is -2.31. The average molecular weight is 571 g/mol. The van der Waals surface area contributed by atoms with E-state index in [4.69, 9.17) is 33.5 Å². The van der Waals surface area contributed by atoms with E-state index in [1.807, 2.05) is 37.6 Å². The predicted molar refractivity (Wildman–Crippen MR) is 147 cm³/mol. The molecule has 2 aromatic heterocycles. The molecule has 13 heteroatoms. The summed E-state index contributed by atoms with van der Waals surface area (Å²) in [7, 11) is -2.00. The first-order chi connectivity index (χ1) is 18.2. The zero-order valence-electron chi connectivity index (χ0n) is 24.5. The second-order valence-electron chi connectivity index (χ2n) is 11.0. The molecule has 0 radical (unpaired) electrons. The first-order valence-corrected chi connectivity index (χ1v) is 14.1. The summed E-state index contributed by atoms with van der Waals surface area (Å²) in [5.41, 5.74) is 4.63. The second kappa shape index (κ2) is 13.8. The number of nitrogens with zero attached hydrogens (tertiary/aromatic N) is 3. The van der Waals surface area contributed by atoms with Crippen LogP contribution in [0.15, 0.2) is 18.6 Å². The van der Waals surface area contributed by atoms with E-state index in [-0.39, 0.29) is 26.3 Å². The molecule has 2 aromatic rings. The largest absolute Gasteiger partial charge is 0.438 e. The van der Waals surface area contributed by atoms with Gasteiger partial charge in [-0.15, -0.1) is 0 Å². The van der Waals surface area contributed by atoms with Crippen molar-refractivity contribution in [2.75, 3.05) is 25.9 Å². The molecule has 1 unspecified atom stereocenters. The Labute approximate surface area is 231 Å². The molecule has 1 aliphatic heterocycles. The molecule has 220 valence electrons. The van der Waals surface area contributed by atoms with Gasteiger partial charge in [-0.3, -0.25) is 18.6 Å². The fourth-order valence-corrected chi connectivity index (χ4v) is 4.28. The van der Waals surface area contributed by atoms with E-state index in [9.17, 15) is 9.59 Å². The van der Waals surface area contributed by atoms with Crippen LogP contribution in [0.4, 0.5) is 5.82 Å². The van der Waals surface area contributed by atoms with E-state index in [0.29, 0.717) is 24.3 Å². The van der Waals surface area contributed by atoms with Crippen LogP contribution in [0.2, 0.25) is 0 Å². The van der Waals surface area contributed by atoms with Gasteiger partial charge in [-0.1, -0.05) is 13.8 Å². The minimum absolute atomic E-state index is 0.151. The third-order valence-electron chi connectivity index (χ3n) is 5.66. The van der Waals surface area contributed by atoms with Crippen LogP contribution in [0.5, 0.6) is 0 Å². The maximum absolute atomic E-state index is 12.0. The zero-order chi connectivity index (χ0) is 29.4. The van der Waals surface area contributed by atoms with Gasteiger partial charge in [0.25, 0.3) is 0 Å². The molecule has 0 aliphatic carbocycles. The summed E-state index contributed by atoms with van der Waals surface area (Å²) in [5, 5.41) is 0.756. The van der Waals surface area contributed by atoms with Crippen LogP contribution in [-0.2, 0) is 43.1 Å². The number of esters is 2. The number of ether oxygens (including phenoxy) is 3. The van der Waals surface area contributed by atoms with E-state index in [1.165, 1.54) is 6.33 Å². The molecule has 0 saturated carbocycles. The maximum Gasteiger partial charge on any atom is 0.338 e. The fourth-order valence-electron chi connectivity index (χ4n) is 3.49. The van der Waals surface area contributed by atoms with Gasteiger partial charge < -0.3 is 29.0 Å². The molecule has 0 amide bonds. The van der Waals surface area contributed by atoms with Crippen LogP contribution in [-0.4, -0.2) is 52.8 Å². The summed E-state index contributed by atoms with van der Waals surface area (Å²) in [6, 6.07) is 1.86. The van der Waals surface area contributed by atoms with E-state index < -0.39 is 37.1 Å². The Hall–Kier alpha value is -2.37. The number of nitrogen functional groups attached to an aromatic ring is 1. The van der Waals surface area contributed by atoms with Crippen molar-refractivity contribution in [1.82, 2.24) is 14.5 Å². The van der Waals surface area contributed by atoms with Crippen molar-refractivity contribution in [1.29, 1.82) is 0 Å². The molecule has 0 bridgehead atoms. The Morgan fingerprint density at radius 2 is 1.62 bits per heavy atom. The zero-order valence-corrected chi connectivity index (χ0v) is 25.4. The van der Waals surface area contributed by atoms with Gasteiger partial charge in [0.1, 0.15) is 23.5 Å². The van der Waals surface area contributed by atoms with Crippen molar-refractivity contribution < 1.29 is 37.4 Å². The van der Waals surface area contributed by atoms with Crippen molar-refractivity contribution in [2.45, 2.75) is 87.0 Å². The van der Waals surface area contributed by atoms with Gasteiger partial charge in [0, 0.05) is 6.20 Å². The molecule has 2 N–H and O–H groups in total. The van der Waals surface area contributed by atoms with Crippen LogP contribution in [0, 0.1) is 10.8 Å². The molecule has 1 saturated heterocycles. The normalized spacial score (nSPS) is 19.6. The Bertz CT molecular complexity index is 1070. The number of anilines is 1. The SMILES string of the molecule is CC.CC(C)(C)C(=O)OCOP(OCOC(=O)C(C)(C)C)OCC1CC[C@](C)(n2ccc3c(N)ncnc32)O1. The lowest BCUT2D eigenvalue weighted by atomic mass is 9.98. The minimum Gasteiger partial charge on any atom is -0.438 e. The lowest BCUT2D eigenvalue weighted by molar-refractivity contribution is -0.162. The molecule has 3 heterocycles. The predicted octanol–water partition coefficient (Wildman–Crippen LogP) is 5.26. The number of hydrogen-bond donors (Lipinski definition) is 1. The average Bonchev–Trinajstić information content (AvgIpc) is 3.47. The Morgan fingerprint density at radius 1 is 1.05 bits per heavy atom. The summed E-state index contributed by atoms with van der Waals surface area (Å²) in [5.74, 6) is -0.454. The number of fused-ring (bicyclic) bond motifs is 1. The van der Waals surface area contributed by atoms with Crippen molar-refractivity contribution in [3.63, 3.8) is 0 Å². The Kier molecular flexibility index (Phi) is 11.6. The van der Waals surface area contributed by atoms with Gasteiger partial charge in [0.05, 0.1) is 28.9 Å². The molecule has 1 fully saturated rings. The van der Waals surface area contributed by atoms with Crippen LogP contribution in [0.1, 0.15) is 75.2 Å². The van der Waals surface area contributed by atoms with E-state index in [0.717, 1.165) is 5.39 Å². The Morgan fingerprint density at radius 3 is 2.15 bits per heavy atom. The quantitative estimate of drug-likeness (QED) is 0.227. The smallest absolute Gasteiger partial charge is 0.338 e. The second-order valence-corrected chi connectivity index (χ2v) is 12.2. The molecular formula is C26H43N4O8P. The van der Waals surface area contributed by atoms with Crippen molar-refractivity contribution in [3.05, 3.63) is 18.6 Å².